The van der Waals surface area contributed by atoms with Crippen molar-refractivity contribution in [1.82, 2.24) is 4.57 Å². The number of hydrogen-bond donors (Lipinski definition) is 0. The molecule has 0 aliphatic rings. The molecule has 0 aromatic carbocycles. The number of imidazole rings is 1. The van der Waals surface area contributed by atoms with E-state index in [1.807, 2.05) is 41.8 Å². The lowest BCUT2D eigenvalue weighted by Crippen LogP contribution is -2.24. The highest BCUT2D eigenvalue weighted by Crippen LogP contribution is 2.04. The Morgan fingerprint density at radius 1 is 1.73 bits per heavy atom. The molecule has 0 saturated carbocycles. The largest absolute Gasteiger partial charge is 0.299 e. The lowest BCUT2D eigenvalue weighted by molar-refractivity contribution is -0.671. The Morgan fingerprint density at radius 2 is 2.45 bits per heavy atom. The zero-order valence-electron chi connectivity index (χ0n) is 6.90. The van der Waals surface area contributed by atoms with E-state index >= 15 is 0 Å². The quantitative estimate of drug-likeness (QED) is 0.457. The van der Waals surface area contributed by atoms with Gasteiger partial charge in [-0.1, -0.05) is 6.92 Å². The van der Waals surface area contributed by atoms with Gasteiger partial charge in [-0.3, -0.25) is 4.79 Å². The zero-order chi connectivity index (χ0) is 8.27. The van der Waals surface area contributed by atoms with Gasteiger partial charge in [0, 0.05) is 0 Å². The normalized spacial score (nSPS) is 12.9. The molecule has 1 atom stereocenters. The van der Waals surface area contributed by atoms with E-state index in [2.05, 4.69) is 0 Å². The summed E-state index contributed by atoms with van der Waals surface area (Å²) in [6.07, 6.45) is 7.55. The Bertz CT molecular complexity index is 242. The van der Waals surface area contributed by atoms with Crippen LogP contribution in [0.3, 0.4) is 0 Å². The number of aldehydes is 1. The number of aromatic nitrogens is 2. The summed E-state index contributed by atoms with van der Waals surface area (Å²) >= 11 is 0. The molecular weight excluding hydrogens is 140 g/mol. The number of aryl methyl sites for hydroxylation is 1. The van der Waals surface area contributed by atoms with E-state index in [4.69, 9.17) is 0 Å². The predicted molar refractivity (Wildman–Crippen MR) is 41.0 cm³/mol. The molecule has 0 bridgehead atoms. The molecule has 3 nitrogen and oxygen atoms in total. The molecular formula is C8H13N2O+. The fourth-order valence-electron chi connectivity index (χ4n) is 1.04. The van der Waals surface area contributed by atoms with Crippen LogP contribution >= 0.6 is 0 Å². The van der Waals surface area contributed by atoms with E-state index in [9.17, 15) is 4.79 Å². The molecule has 1 heterocycles. The minimum atomic E-state index is -0.00352. The fraction of sp³-hybridized carbons (Fsp3) is 0.500. The lowest BCUT2D eigenvalue weighted by Gasteiger charge is -2.00. The van der Waals surface area contributed by atoms with Crippen LogP contribution in [-0.4, -0.2) is 10.9 Å². The van der Waals surface area contributed by atoms with Crippen LogP contribution in [0.5, 0.6) is 0 Å². The molecule has 11 heavy (non-hydrogen) atoms. The summed E-state index contributed by atoms with van der Waals surface area (Å²) in [6, 6.07) is -0.00352. The van der Waals surface area contributed by atoms with E-state index in [0.29, 0.717) is 0 Å². The third-order valence-electron chi connectivity index (χ3n) is 1.75. The minimum Gasteiger partial charge on any atom is -0.299 e. The van der Waals surface area contributed by atoms with Crippen molar-refractivity contribution in [1.29, 1.82) is 0 Å². The zero-order valence-corrected chi connectivity index (χ0v) is 6.90. The highest BCUT2D eigenvalue weighted by molar-refractivity contribution is 5.55. The SMILES string of the molecule is CCC(C=O)n1cc[n+](C)c1. The molecule has 0 spiro atoms. The van der Waals surface area contributed by atoms with Gasteiger partial charge in [-0.25, -0.2) is 9.13 Å². The fourth-order valence-corrected chi connectivity index (χ4v) is 1.04. The van der Waals surface area contributed by atoms with Gasteiger partial charge in [0.2, 0.25) is 6.33 Å². The van der Waals surface area contributed by atoms with Gasteiger partial charge in [-0.2, -0.15) is 0 Å². The molecule has 3 heteroatoms. The molecule has 0 saturated heterocycles. The van der Waals surface area contributed by atoms with Crippen molar-refractivity contribution in [3.8, 4) is 0 Å². The van der Waals surface area contributed by atoms with Crippen LogP contribution in [0.1, 0.15) is 19.4 Å². The van der Waals surface area contributed by atoms with Crippen molar-refractivity contribution < 1.29 is 9.36 Å². The summed E-state index contributed by atoms with van der Waals surface area (Å²) in [5.74, 6) is 0. The number of rotatable bonds is 3. The van der Waals surface area contributed by atoms with Crippen LogP contribution in [0.4, 0.5) is 0 Å². The van der Waals surface area contributed by atoms with Crippen molar-refractivity contribution in [3.05, 3.63) is 18.7 Å². The van der Waals surface area contributed by atoms with Crippen molar-refractivity contribution in [2.24, 2.45) is 7.05 Å². The highest BCUT2D eigenvalue weighted by Gasteiger charge is 2.11. The van der Waals surface area contributed by atoms with Crippen LogP contribution in [0.25, 0.3) is 0 Å². The maximum Gasteiger partial charge on any atom is 0.244 e. The number of hydrogen-bond acceptors (Lipinski definition) is 1. The molecule has 0 fully saturated rings. The molecule has 60 valence electrons. The number of carbonyl (C=O) groups excluding carboxylic acids is 1. The average Bonchev–Trinajstić information content (AvgIpc) is 2.39. The molecule has 1 rings (SSSR count). The summed E-state index contributed by atoms with van der Waals surface area (Å²) in [7, 11) is 1.94. The van der Waals surface area contributed by atoms with Crippen molar-refractivity contribution in [2.75, 3.05) is 0 Å². The summed E-state index contributed by atoms with van der Waals surface area (Å²) in [5.41, 5.74) is 0. The second-order valence-corrected chi connectivity index (χ2v) is 2.64. The summed E-state index contributed by atoms with van der Waals surface area (Å²) in [4.78, 5) is 10.5. The van der Waals surface area contributed by atoms with Crippen molar-refractivity contribution >= 4 is 6.29 Å². The smallest absolute Gasteiger partial charge is 0.244 e. The van der Waals surface area contributed by atoms with Gasteiger partial charge in [0.1, 0.15) is 12.4 Å². The van der Waals surface area contributed by atoms with Crippen LogP contribution in [-0.2, 0) is 11.8 Å². The first-order valence-electron chi connectivity index (χ1n) is 3.76. The maximum absolute atomic E-state index is 10.5. The molecule has 1 aromatic rings. The monoisotopic (exact) mass is 153 g/mol. The molecule has 1 unspecified atom stereocenters. The highest BCUT2D eigenvalue weighted by atomic mass is 16.1. The molecule has 0 amide bonds. The lowest BCUT2D eigenvalue weighted by atomic mass is 10.2. The standard InChI is InChI=1S/C8H13N2O/c1-3-8(6-11)10-5-4-9(2)7-10/h4-8H,3H2,1-2H3/q+1. The third kappa shape index (κ3) is 1.67. The van der Waals surface area contributed by atoms with Gasteiger partial charge >= 0.3 is 0 Å². The summed E-state index contributed by atoms with van der Waals surface area (Å²) < 4.78 is 3.83. The van der Waals surface area contributed by atoms with Gasteiger partial charge in [0.15, 0.2) is 12.3 Å². The van der Waals surface area contributed by atoms with Gasteiger partial charge in [-0.15, -0.1) is 0 Å². The topological polar surface area (TPSA) is 25.9 Å². The van der Waals surface area contributed by atoms with Gasteiger partial charge in [-0.05, 0) is 6.42 Å². The van der Waals surface area contributed by atoms with E-state index in [0.717, 1.165) is 12.7 Å². The first kappa shape index (κ1) is 7.98. The van der Waals surface area contributed by atoms with E-state index in [1.165, 1.54) is 0 Å². The Kier molecular flexibility index (Phi) is 2.41. The van der Waals surface area contributed by atoms with E-state index in [1.54, 1.807) is 0 Å². The second-order valence-electron chi connectivity index (χ2n) is 2.64. The van der Waals surface area contributed by atoms with Gasteiger partial charge < -0.3 is 0 Å². The number of carbonyl (C=O) groups is 1. The summed E-state index contributed by atoms with van der Waals surface area (Å²) in [6.45, 7) is 2.00. The molecule has 1 aromatic heterocycles. The van der Waals surface area contributed by atoms with Crippen LogP contribution < -0.4 is 4.57 Å². The van der Waals surface area contributed by atoms with E-state index in [-0.39, 0.29) is 6.04 Å². The van der Waals surface area contributed by atoms with Gasteiger partial charge in [0.05, 0.1) is 7.05 Å². The molecule has 0 aliphatic carbocycles. The summed E-state index contributed by atoms with van der Waals surface area (Å²) in [5, 5.41) is 0. The Balaban J connectivity index is 2.81. The Labute approximate surface area is 66.3 Å². The number of nitrogens with zero attached hydrogens (tertiary/aromatic N) is 2. The molecule has 0 aliphatic heterocycles. The van der Waals surface area contributed by atoms with Crippen LogP contribution in [0.15, 0.2) is 18.7 Å². The molecule has 0 radical (unpaired) electrons. The van der Waals surface area contributed by atoms with Crippen molar-refractivity contribution in [3.63, 3.8) is 0 Å². The maximum atomic E-state index is 10.5. The predicted octanol–water partition coefficient (Wildman–Crippen LogP) is 0.463. The minimum absolute atomic E-state index is 0.00352. The van der Waals surface area contributed by atoms with Crippen LogP contribution in [0.2, 0.25) is 0 Å². The van der Waals surface area contributed by atoms with Crippen LogP contribution in [0, 0.1) is 0 Å². The Hall–Kier alpha value is -1.12. The van der Waals surface area contributed by atoms with Gasteiger partial charge in [0.25, 0.3) is 0 Å². The second kappa shape index (κ2) is 3.32. The molecule has 0 N–H and O–H groups in total. The first-order valence-corrected chi connectivity index (χ1v) is 3.76. The van der Waals surface area contributed by atoms with Crippen molar-refractivity contribution in [2.45, 2.75) is 19.4 Å². The Morgan fingerprint density at radius 3 is 2.82 bits per heavy atom. The average molecular weight is 153 g/mol. The first-order chi connectivity index (χ1) is 5.27. The van der Waals surface area contributed by atoms with E-state index < -0.39 is 0 Å². The third-order valence-corrected chi connectivity index (χ3v) is 1.75.